The lowest BCUT2D eigenvalue weighted by atomic mass is 10.1. The molecule has 0 bridgehead atoms. The van der Waals surface area contributed by atoms with E-state index in [1.54, 1.807) is 17.1 Å². The van der Waals surface area contributed by atoms with Gasteiger partial charge in [-0.05, 0) is 23.8 Å². The van der Waals surface area contributed by atoms with E-state index in [4.69, 9.17) is 0 Å². The van der Waals surface area contributed by atoms with Gasteiger partial charge < -0.3 is 5.11 Å². The summed E-state index contributed by atoms with van der Waals surface area (Å²) in [6.45, 7) is 0. The summed E-state index contributed by atoms with van der Waals surface area (Å²) in [5.41, 5.74) is 1.61. The van der Waals surface area contributed by atoms with Gasteiger partial charge in [-0.15, -0.1) is 0 Å². The van der Waals surface area contributed by atoms with Gasteiger partial charge >= 0.3 is 0 Å². The van der Waals surface area contributed by atoms with Crippen molar-refractivity contribution in [2.75, 3.05) is 0 Å². The molecule has 0 aliphatic rings. The number of hydrogen-bond donors (Lipinski definition) is 1. The predicted molar refractivity (Wildman–Crippen MR) is 69.1 cm³/mol. The molecule has 0 aliphatic carbocycles. The molecule has 2 rings (SSSR count). The third-order valence-electron chi connectivity index (χ3n) is 2.24. The maximum atomic E-state index is 10.2. The van der Waals surface area contributed by atoms with E-state index in [9.17, 15) is 5.11 Å². The van der Waals surface area contributed by atoms with E-state index in [2.05, 4.69) is 37.0 Å². The molecule has 1 unspecified atom stereocenters. The van der Waals surface area contributed by atoms with Gasteiger partial charge in [-0.1, -0.05) is 31.9 Å². The lowest BCUT2D eigenvalue weighted by Crippen LogP contribution is -1.98. The number of aryl methyl sites for hydroxylation is 1. The average Bonchev–Trinajstić information content (AvgIpc) is 2.62. The molecule has 1 N–H and O–H groups in total. The zero-order valence-electron chi connectivity index (χ0n) is 8.56. The van der Waals surface area contributed by atoms with Crippen LogP contribution in [0.15, 0.2) is 39.5 Å². The monoisotopic (exact) mass is 344 g/mol. The van der Waals surface area contributed by atoms with Crippen molar-refractivity contribution >= 4 is 31.9 Å². The fourth-order valence-electron chi connectivity index (χ4n) is 1.51. The Morgan fingerprint density at radius 1 is 1.19 bits per heavy atom. The van der Waals surface area contributed by atoms with Crippen LogP contribution in [0, 0.1) is 0 Å². The Labute approximate surface area is 110 Å². The Hall–Kier alpha value is -0.650. The molecule has 3 nitrogen and oxygen atoms in total. The van der Waals surface area contributed by atoms with Crippen LogP contribution in [0.4, 0.5) is 0 Å². The number of rotatable bonds is 2. The molecule has 0 aliphatic heterocycles. The van der Waals surface area contributed by atoms with Crippen molar-refractivity contribution < 1.29 is 5.11 Å². The summed E-state index contributed by atoms with van der Waals surface area (Å²) in [7, 11) is 1.83. The lowest BCUT2D eigenvalue weighted by molar-refractivity contribution is 0.220. The van der Waals surface area contributed by atoms with Gasteiger partial charge in [0.15, 0.2) is 0 Å². The molecule has 2 aromatic rings. The van der Waals surface area contributed by atoms with Crippen molar-refractivity contribution in [3.8, 4) is 0 Å². The van der Waals surface area contributed by atoms with E-state index in [1.807, 2.05) is 25.2 Å². The summed E-state index contributed by atoms with van der Waals surface area (Å²) < 4.78 is 3.53. The first-order chi connectivity index (χ1) is 7.56. The Morgan fingerprint density at radius 2 is 1.81 bits per heavy atom. The van der Waals surface area contributed by atoms with Crippen LogP contribution < -0.4 is 0 Å². The minimum Gasteiger partial charge on any atom is -0.384 e. The summed E-state index contributed by atoms with van der Waals surface area (Å²) in [5.74, 6) is 0. The van der Waals surface area contributed by atoms with E-state index in [-0.39, 0.29) is 0 Å². The molecule has 0 amide bonds. The quantitative estimate of drug-likeness (QED) is 0.908. The zero-order chi connectivity index (χ0) is 11.7. The summed E-state index contributed by atoms with van der Waals surface area (Å²) >= 11 is 6.79. The molecule has 84 valence electrons. The fraction of sp³-hybridized carbons (Fsp3) is 0.182. The first-order valence-electron chi connectivity index (χ1n) is 4.69. The van der Waals surface area contributed by atoms with Crippen molar-refractivity contribution in [3.05, 3.63) is 50.7 Å². The van der Waals surface area contributed by atoms with Gasteiger partial charge in [0.1, 0.15) is 6.10 Å². The van der Waals surface area contributed by atoms with Gasteiger partial charge in [-0.2, -0.15) is 5.10 Å². The highest BCUT2D eigenvalue weighted by molar-refractivity contribution is 9.11. The van der Waals surface area contributed by atoms with Crippen LogP contribution in [0.3, 0.4) is 0 Å². The molecule has 1 aromatic heterocycles. The van der Waals surface area contributed by atoms with Crippen molar-refractivity contribution in [1.82, 2.24) is 9.78 Å². The predicted octanol–water partition coefficient (Wildman–Crippen LogP) is 3.03. The topological polar surface area (TPSA) is 38.0 Å². The first-order valence-corrected chi connectivity index (χ1v) is 6.27. The van der Waals surface area contributed by atoms with E-state index in [1.165, 1.54) is 0 Å². The highest BCUT2D eigenvalue weighted by Crippen LogP contribution is 2.27. The van der Waals surface area contributed by atoms with Gasteiger partial charge in [0.25, 0.3) is 0 Å². The molecule has 0 spiro atoms. The molecule has 16 heavy (non-hydrogen) atoms. The molecule has 5 heteroatoms. The van der Waals surface area contributed by atoms with Crippen LogP contribution in [-0.2, 0) is 7.05 Å². The molecule has 0 radical (unpaired) electrons. The van der Waals surface area contributed by atoms with Crippen LogP contribution in [0.1, 0.15) is 17.2 Å². The number of nitrogens with zero attached hydrogens (tertiary/aromatic N) is 2. The number of hydrogen-bond acceptors (Lipinski definition) is 2. The standard InChI is InChI=1S/C11H10Br2N2O/c1-15-6-8(5-14-15)11(16)7-2-9(12)4-10(13)3-7/h2-6,11,16H,1H3. The smallest absolute Gasteiger partial charge is 0.107 e. The molecule has 0 saturated carbocycles. The van der Waals surface area contributed by atoms with E-state index < -0.39 is 6.10 Å². The second kappa shape index (κ2) is 4.69. The lowest BCUT2D eigenvalue weighted by Gasteiger charge is -2.09. The van der Waals surface area contributed by atoms with Gasteiger partial charge in [0.2, 0.25) is 0 Å². The number of aliphatic hydroxyl groups excluding tert-OH is 1. The van der Waals surface area contributed by atoms with Crippen molar-refractivity contribution in [1.29, 1.82) is 0 Å². The largest absolute Gasteiger partial charge is 0.384 e. The Bertz CT molecular complexity index is 490. The van der Waals surface area contributed by atoms with Gasteiger partial charge in [0, 0.05) is 27.8 Å². The molecule has 0 saturated heterocycles. The number of aliphatic hydroxyl groups is 1. The van der Waals surface area contributed by atoms with E-state index in [0.717, 1.165) is 20.1 Å². The van der Waals surface area contributed by atoms with Crippen molar-refractivity contribution in [2.24, 2.45) is 7.05 Å². The zero-order valence-corrected chi connectivity index (χ0v) is 11.7. The summed E-state index contributed by atoms with van der Waals surface area (Å²) in [6.07, 6.45) is 2.82. The number of halogens is 2. The van der Waals surface area contributed by atoms with Gasteiger partial charge in [-0.25, -0.2) is 0 Å². The molecular weight excluding hydrogens is 336 g/mol. The Balaban J connectivity index is 2.37. The molecule has 1 atom stereocenters. The maximum absolute atomic E-state index is 10.2. The summed E-state index contributed by atoms with van der Waals surface area (Å²) in [6, 6.07) is 5.71. The summed E-state index contributed by atoms with van der Waals surface area (Å²) in [5, 5.41) is 14.2. The normalized spacial score (nSPS) is 12.8. The van der Waals surface area contributed by atoms with Gasteiger partial charge in [0.05, 0.1) is 6.20 Å². The van der Waals surface area contributed by atoms with Gasteiger partial charge in [-0.3, -0.25) is 4.68 Å². The average molecular weight is 346 g/mol. The second-order valence-corrected chi connectivity index (χ2v) is 5.38. The van der Waals surface area contributed by atoms with Crippen LogP contribution >= 0.6 is 31.9 Å². The third-order valence-corrected chi connectivity index (χ3v) is 3.16. The summed E-state index contributed by atoms with van der Waals surface area (Å²) in [4.78, 5) is 0. The van der Waals surface area contributed by atoms with E-state index in [0.29, 0.717) is 0 Å². The minimum atomic E-state index is -0.650. The van der Waals surface area contributed by atoms with Crippen LogP contribution in [0.25, 0.3) is 0 Å². The second-order valence-electron chi connectivity index (χ2n) is 3.55. The Morgan fingerprint density at radius 3 is 2.31 bits per heavy atom. The highest BCUT2D eigenvalue weighted by atomic mass is 79.9. The SMILES string of the molecule is Cn1cc(C(O)c2cc(Br)cc(Br)c2)cn1. The maximum Gasteiger partial charge on any atom is 0.107 e. The third kappa shape index (κ3) is 2.53. The van der Waals surface area contributed by atoms with Crippen molar-refractivity contribution in [2.45, 2.75) is 6.10 Å². The highest BCUT2D eigenvalue weighted by Gasteiger charge is 2.13. The van der Waals surface area contributed by atoms with Crippen LogP contribution in [0.5, 0.6) is 0 Å². The first kappa shape index (κ1) is 11.8. The minimum absolute atomic E-state index is 0.650. The molecule has 0 fully saturated rings. The number of benzene rings is 1. The van der Waals surface area contributed by atoms with Crippen molar-refractivity contribution in [3.63, 3.8) is 0 Å². The molecule has 1 aromatic carbocycles. The van der Waals surface area contributed by atoms with E-state index >= 15 is 0 Å². The number of aromatic nitrogens is 2. The Kier molecular flexibility index (Phi) is 3.47. The fourth-order valence-corrected chi connectivity index (χ4v) is 2.84. The van der Waals surface area contributed by atoms with Crippen LogP contribution in [-0.4, -0.2) is 14.9 Å². The molecule has 1 heterocycles. The van der Waals surface area contributed by atoms with Crippen LogP contribution in [0.2, 0.25) is 0 Å². The molecular formula is C11H10Br2N2O.